The van der Waals surface area contributed by atoms with Crippen molar-refractivity contribution in [3.05, 3.63) is 53.4 Å². The van der Waals surface area contributed by atoms with E-state index in [1.54, 1.807) is 18.2 Å². The molecule has 23 heavy (non-hydrogen) atoms. The fourth-order valence-corrected chi connectivity index (χ4v) is 2.76. The first-order valence-corrected chi connectivity index (χ1v) is 7.40. The molecule has 0 amide bonds. The van der Waals surface area contributed by atoms with E-state index in [0.717, 1.165) is 22.3 Å². The van der Waals surface area contributed by atoms with Crippen LogP contribution < -0.4 is 9.47 Å². The quantitative estimate of drug-likeness (QED) is 0.759. The van der Waals surface area contributed by atoms with Gasteiger partial charge in [-0.1, -0.05) is 26.0 Å². The predicted molar refractivity (Wildman–Crippen MR) is 86.7 cm³/mol. The van der Waals surface area contributed by atoms with Gasteiger partial charge in [-0.2, -0.15) is 5.26 Å². The van der Waals surface area contributed by atoms with Crippen LogP contribution in [0.5, 0.6) is 11.5 Å². The Morgan fingerprint density at radius 1 is 1.22 bits per heavy atom. The highest BCUT2D eigenvalue weighted by Crippen LogP contribution is 2.47. The molecule has 0 bridgehead atoms. The number of benzene rings is 2. The minimum Gasteiger partial charge on any atom is -0.454 e. The summed E-state index contributed by atoms with van der Waals surface area (Å²) in [4.78, 5) is 0. The third-order valence-electron chi connectivity index (χ3n) is 3.81. The SMILES string of the molecule is CC(C)c1cc2c(c(-c3ccc(F)cc3)c1C=CC#N)OCO2. The van der Waals surface area contributed by atoms with E-state index in [0.29, 0.717) is 11.5 Å². The summed E-state index contributed by atoms with van der Waals surface area (Å²) in [6, 6.07) is 10.2. The van der Waals surface area contributed by atoms with Gasteiger partial charge >= 0.3 is 0 Å². The van der Waals surface area contributed by atoms with E-state index in [2.05, 4.69) is 13.8 Å². The van der Waals surface area contributed by atoms with Gasteiger partial charge in [-0.3, -0.25) is 0 Å². The van der Waals surface area contributed by atoms with Gasteiger partial charge in [-0.25, -0.2) is 4.39 Å². The van der Waals surface area contributed by atoms with Crippen molar-refractivity contribution < 1.29 is 13.9 Å². The first-order valence-electron chi connectivity index (χ1n) is 7.40. The van der Waals surface area contributed by atoms with E-state index in [9.17, 15) is 4.39 Å². The zero-order chi connectivity index (χ0) is 16.4. The summed E-state index contributed by atoms with van der Waals surface area (Å²) < 4.78 is 24.5. The minimum absolute atomic E-state index is 0.159. The van der Waals surface area contributed by atoms with Gasteiger partial charge in [0.25, 0.3) is 0 Å². The number of hydrogen-bond acceptors (Lipinski definition) is 3. The topological polar surface area (TPSA) is 42.2 Å². The molecule has 0 unspecified atom stereocenters. The number of rotatable bonds is 3. The Kier molecular flexibility index (Phi) is 4.03. The van der Waals surface area contributed by atoms with Gasteiger partial charge in [0.05, 0.1) is 6.07 Å². The molecule has 116 valence electrons. The Hall–Kier alpha value is -2.80. The summed E-state index contributed by atoms with van der Waals surface area (Å²) in [7, 11) is 0. The van der Waals surface area contributed by atoms with E-state index >= 15 is 0 Å². The second kappa shape index (κ2) is 6.13. The summed E-state index contributed by atoms with van der Waals surface area (Å²) in [5.74, 6) is 1.26. The predicted octanol–water partition coefficient (Wildman–Crippen LogP) is 4.88. The van der Waals surface area contributed by atoms with Crippen LogP contribution in [0.15, 0.2) is 36.4 Å². The Balaban J connectivity index is 2.32. The zero-order valence-corrected chi connectivity index (χ0v) is 13.0. The molecule has 0 saturated heterocycles. The van der Waals surface area contributed by atoms with Crippen molar-refractivity contribution in [2.24, 2.45) is 0 Å². The Bertz CT molecular complexity index is 802. The molecule has 0 N–H and O–H groups in total. The lowest BCUT2D eigenvalue weighted by Crippen LogP contribution is -1.97. The van der Waals surface area contributed by atoms with Gasteiger partial charge in [-0.15, -0.1) is 0 Å². The van der Waals surface area contributed by atoms with Crippen LogP contribution in [0.4, 0.5) is 4.39 Å². The normalized spacial score (nSPS) is 12.8. The van der Waals surface area contributed by atoms with Crippen LogP contribution in [0, 0.1) is 17.1 Å². The molecule has 0 fully saturated rings. The Morgan fingerprint density at radius 2 is 1.96 bits per heavy atom. The molecular weight excluding hydrogens is 293 g/mol. The Labute approximate surface area is 134 Å². The second-order valence-corrected chi connectivity index (χ2v) is 5.61. The fraction of sp³-hybridized carbons (Fsp3) is 0.211. The largest absolute Gasteiger partial charge is 0.454 e. The standard InChI is InChI=1S/C19H16FNO2/c1-12(2)16-10-17-19(23-11-22-17)18(15(16)4-3-9-21)13-5-7-14(20)8-6-13/h3-8,10,12H,11H2,1-2H3. The van der Waals surface area contributed by atoms with Gasteiger partial charge in [0, 0.05) is 11.6 Å². The molecule has 1 aliphatic rings. The van der Waals surface area contributed by atoms with E-state index in [4.69, 9.17) is 14.7 Å². The van der Waals surface area contributed by atoms with Crippen LogP contribution in [0.1, 0.15) is 30.9 Å². The number of fused-ring (bicyclic) bond motifs is 1. The third-order valence-corrected chi connectivity index (χ3v) is 3.81. The first-order chi connectivity index (χ1) is 11.1. The van der Waals surface area contributed by atoms with Crippen molar-refractivity contribution in [1.82, 2.24) is 0 Å². The van der Waals surface area contributed by atoms with E-state index < -0.39 is 0 Å². The van der Waals surface area contributed by atoms with Crippen molar-refractivity contribution in [2.45, 2.75) is 19.8 Å². The maximum absolute atomic E-state index is 13.3. The van der Waals surface area contributed by atoms with Crippen LogP contribution in [-0.2, 0) is 0 Å². The van der Waals surface area contributed by atoms with Crippen molar-refractivity contribution in [3.63, 3.8) is 0 Å². The molecule has 2 aromatic carbocycles. The van der Waals surface area contributed by atoms with Crippen molar-refractivity contribution in [1.29, 1.82) is 5.26 Å². The van der Waals surface area contributed by atoms with Gasteiger partial charge in [-0.05, 0) is 46.9 Å². The highest BCUT2D eigenvalue weighted by molar-refractivity contribution is 5.85. The Morgan fingerprint density at radius 3 is 2.61 bits per heavy atom. The fourth-order valence-electron chi connectivity index (χ4n) is 2.76. The molecular formula is C19H16FNO2. The zero-order valence-electron chi connectivity index (χ0n) is 13.0. The summed E-state index contributed by atoms with van der Waals surface area (Å²) in [5, 5.41) is 8.91. The van der Waals surface area contributed by atoms with Crippen molar-refractivity contribution >= 4 is 6.08 Å². The highest BCUT2D eigenvalue weighted by atomic mass is 19.1. The molecule has 0 saturated carbocycles. The van der Waals surface area contributed by atoms with Crippen LogP contribution in [0.3, 0.4) is 0 Å². The molecule has 1 heterocycles. The molecule has 2 aromatic rings. The van der Waals surface area contributed by atoms with E-state index in [1.807, 2.05) is 12.1 Å². The van der Waals surface area contributed by atoms with Gasteiger partial charge in [0.2, 0.25) is 6.79 Å². The second-order valence-electron chi connectivity index (χ2n) is 5.61. The molecule has 3 nitrogen and oxygen atoms in total. The summed E-state index contributed by atoms with van der Waals surface area (Å²) in [5.41, 5.74) is 3.61. The van der Waals surface area contributed by atoms with Gasteiger partial charge in [0.15, 0.2) is 11.5 Å². The lowest BCUT2D eigenvalue weighted by atomic mass is 9.88. The first kappa shape index (κ1) is 15.1. The lowest BCUT2D eigenvalue weighted by Gasteiger charge is -2.17. The maximum atomic E-state index is 13.3. The smallest absolute Gasteiger partial charge is 0.231 e. The summed E-state index contributed by atoms with van der Waals surface area (Å²) >= 11 is 0. The molecule has 0 aliphatic carbocycles. The molecule has 3 rings (SSSR count). The number of hydrogen-bond donors (Lipinski definition) is 0. The van der Waals surface area contributed by atoms with Crippen molar-refractivity contribution in [2.75, 3.05) is 6.79 Å². The van der Waals surface area contributed by atoms with E-state index in [1.165, 1.54) is 18.2 Å². The summed E-state index contributed by atoms with van der Waals surface area (Å²) in [6.07, 6.45) is 3.21. The molecule has 0 atom stereocenters. The minimum atomic E-state index is -0.295. The van der Waals surface area contributed by atoms with Crippen molar-refractivity contribution in [3.8, 4) is 28.7 Å². The number of halogens is 1. The van der Waals surface area contributed by atoms with Crippen LogP contribution in [0.25, 0.3) is 17.2 Å². The number of nitriles is 1. The number of ether oxygens (including phenoxy) is 2. The van der Waals surface area contributed by atoms with Crippen LogP contribution in [-0.4, -0.2) is 6.79 Å². The molecule has 0 radical (unpaired) electrons. The molecule has 0 aromatic heterocycles. The number of allylic oxidation sites excluding steroid dienone is 1. The van der Waals surface area contributed by atoms with Gasteiger partial charge < -0.3 is 9.47 Å². The highest BCUT2D eigenvalue weighted by Gasteiger charge is 2.25. The molecule has 0 spiro atoms. The monoisotopic (exact) mass is 309 g/mol. The lowest BCUT2D eigenvalue weighted by molar-refractivity contribution is 0.174. The third kappa shape index (κ3) is 2.78. The van der Waals surface area contributed by atoms with Gasteiger partial charge in [0.1, 0.15) is 5.82 Å². The average Bonchev–Trinajstić information content (AvgIpc) is 3.00. The maximum Gasteiger partial charge on any atom is 0.231 e. The summed E-state index contributed by atoms with van der Waals surface area (Å²) in [6.45, 7) is 4.32. The van der Waals surface area contributed by atoms with Crippen LogP contribution >= 0.6 is 0 Å². The number of nitrogens with zero attached hydrogens (tertiary/aromatic N) is 1. The molecule has 1 aliphatic heterocycles. The van der Waals surface area contributed by atoms with Crippen LogP contribution in [0.2, 0.25) is 0 Å². The molecule has 4 heteroatoms. The average molecular weight is 309 g/mol. The van der Waals surface area contributed by atoms with E-state index in [-0.39, 0.29) is 18.5 Å².